The minimum Gasteiger partial charge on any atom is -0.306 e. The van der Waals surface area contributed by atoms with Crippen molar-refractivity contribution in [2.75, 3.05) is 5.75 Å². The van der Waals surface area contributed by atoms with Gasteiger partial charge in [0.1, 0.15) is 5.82 Å². The lowest BCUT2D eigenvalue weighted by molar-refractivity contribution is 0.497. The molecule has 3 rings (SSSR count). The van der Waals surface area contributed by atoms with Crippen LogP contribution in [0, 0.1) is 5.82 Å². The zero-order valence-electron chi connectivity index (χ0n) is 11.2. The molecular formula is C16H14Cl2FNS. The lowest BCUT2D eigenvalue weighted by Crippen LogP contribution is -2.24. The molecule has 5 heteroatoms. The van der Waals surface area contributed by atoms with E-state index in [2.05, 4.69) is 11.4 Å². The first kappa shape index (κ1) is 15.2. The van der Waals surface area contributed by atoms with Gasteiger partial charge in [0.25, 0.3) is 0 Å². The summed E-state index contributed by atoms with van der Waals surface area (Å²) in [6.45, 7) is 0.476. The van der Waals surface area contributed by atoms with Crippen molar-refractivity contribution < 1.29 is 4.39 Å². The predicted octanol–water partition coefficient (Wildman–Crippen LogP) is 5.46. The van der Waals surface area contributed by atoms with Crippen LogP contribution in [0.4, 0.5) is 4.39 Å². The van der Waals surface area contributed by atoms with E-state index in [1.807, 2.05) is 23.9 Å². The summed E-state index contributed by atoms with van der Waals surface area (Å²) in [6.07, 6.45) is 1.01. The van der Waals surface area contributed by atoms with Gasteiger partial charge in [0.2, 0.25) is 0 Å². The van der Waals surface area contributed by atoms with Gasteiger partial charge in [-0.3, -0.25) is 0 Å². The van der Waals surface area contributed by atoms with E-state index >= 15 is 0 Å². The molecule has 0 spiro atoms. The summed E-state index contributed by atoms with van der Waals surface area (Å²) in [7, 11) is 0. The van der Waals surface area contributed by atoms with Crippen LogP contribution in [0.15, 0.2) is 41.3 Å². The van der Waals surface area contributed by atoms with Crippen LogP contribution in [-0.2, 0) is 6.54 Å². The molecule has 1 atom stereocenters. The molecule has 0 aromatic heterocycles. The molecule has 2 aromatic rings. The topological polar surface area (TPSA) is 12.0 Å². The molecule has 1 aliphatic heterocycles. The van der Waals surface area contributed by atoms with Crippen molar-refractivity contribution in [2.45, 2.75) is 23.9 Å². The molecule has 0 saturated heterocycles. The Hall–Kier alpha value is -0.740. The Balaban J connectivity index is 1.76. The van der Waals surface area contributed by atoms with E-state index in [1.54, 1.807) is 12.1 Å². The smallest absolute Gasteiger partial charge is 0.129 e. The molecular weight excluding hydrogens is 328 g/mol. The standard InChI is InChI=1S/C16H14Cl2FNS/c17-11-3-4-16-13(7-11)15(5-6-21-16)20-9-10-1-2-12(18)8-14(10)19/h1-4,7-8,15,20H,5-6,9H2. The Kier molecular flexibility index (Phi) is 4.75. The van der Waals surface area contributed by atoms with E-state index in [0.29, 0.717) is 17.1 Å². The third kappa shape index (κ3) is 3.54. The van der Waals surface area contributed by atoms with Gasteiger partial charge in [-0.2, -0.15) is 0 Å². The summed E-state index contributed by atoms with van der Waals surface area (Å²) >= 11 is 13.7. The summed E-state index contributed by atoms with van der Waals surface area (Å²) in [5.41, 5.74) is 1.83. The Labute approximate surface area is 137 Å². The molecule has 1 N–H and O–H groups in total. The van der Waals surface area contributed by atoms with Gasteiger partial charge in [-0.1, -0.05) is 29.3 Å². The van der Waals surface area contributed by atoms with Crippen molar-refractivity contribution in [1.82, 2.24) is 5.32 Å². The Morgan fingerprint density at radius 2 is 1.90 bits per heavy atom. The van der Waals surface area contributed by atoms with E-state index in [1.165, 1.54) is 16.5 Å². The molecule has 0 amide bonds. The first-order valence-electron chi connectivity index (χ1n) is 6.73. The van der Waals surface area contributed by atoms with Gasteiger partial charge in [-0.05, 0) is 48.1 Å². The molecule has 2 aromatic carbocycles. The molecule has 21 heavy (non-hydrogen) atoms. The van der Waals surface area contributed by atoms with Gasteiger partial charge in [0.15, 0.2) is 0 Å². The van der Waals surface area contributed by atoms with Gasteiger partial charge in [0.05, 0.1) is 0 Å². The molecule has 0 radical (unpaired) electrons. The van der Waals surface area contributed by atoms with Crippen LogP contribution in [0.5, 0.6) is 0 Å². The van der Waals surface area contributed by atoms with Gasteiger partial charge in [-0.25, -0.2) is 4.39 Å². The third-order valence-corrected chi connectivity index (χ3v) is 5.16. The zero-order chi connectivity index (χ0) is 14.8. The highest BCUT2D eigenvalue weighted by atomic mass is 35.5. The van der Waals surface area contributed by atoms with E-state index < -0.39 is 0 Å². The minimum atomic E-state index is -0.272. The van der Waals surface area contributed by atoms with E-state index in [4.69, 9.17) is 23.2 Å². The molecule has 0 aliphatic carbocycles. The summed E-state index contributed by atoms with van der Waals surface area (Å²) < 4.78 is 13.8. The molecule has 1 unspecified atom stereocenters. The fourth-order valence-electron chi connectivity index (χ4n) is 2.48. The minimum absolute atomic E-state index is 0.204. The Bertz CT molecular complexity index is 663. The number of halogens is 3. The van der Waals surface area contributed by atoms with Crippen molar-refractivity contribution in [3.05, 3.63) is 63.4 Å². The van der Waals surface area contributed by atoms with Crippen molar-refractivity contribution in [3.63, 3.8) is 0 Å². The van der Waals surface area contributed by atoms with Crippen molar-refractivity contribution in [1.29, 1.82) is 0 Å². The number of benzene rings is 2. The lowest BCUT2D eigenvalue weighted by atomic mass is 10.0. The number of hydrogen-bond donors (Lipinski definition) is 1. The fraction of sp³-hybridized carbons (Fsp3) is 0.250. The van der Waals surface area contributed by atoms with Crippen molar-refractivity contribution >= 4 is 35.0 Å². The second-order valence-corrected chi connectivity index (χ2v) is 7.00. The van der Waals surface area contributed by atoms with Crippen molar-refractivity contribution in [2.24, 2.45) is 0 Å². The highest BCUT2D eigenvalue weighted by Gasteiger charge is 2.20. The third-order valence-electron chi connectivity index (χ3n) is 3.57. The van der Waals surface area contributed by atoms with Crippen LogP contribution < -0.4 is 5.32 Å². The SMILES string of the molecule is Fc1cc(Cl)ccc1CNC1CCSc2ccc(Cl)cc21. The lowest BCUT2D eigenvalue weighted by Gasteiger charge is -2.26. The highest BCUT2D eigenvalue weighted by molar-refractivity contribution is 7.99. The molecule has 110 valence electrons. The van der Waals surface area contributed by atoms with Crippen LogP contribution in [0.2, 0.25) is 10.0 Å². The van der Waals surface area contributed by atoms with Crippen LogP contribution in [-0.4, -0.2) is 5.75 Å². The van der Waals surface area contributed by atoms with Crippen LogP contribution in [0.1, 0.15) is 23.6 Å². The van der Waals surface area contributed by atoms with Gasteiger partial charge in [-0.15, -0.1) is 11.8 Å². The van der Waals surface area contributed by atoms with Gasteiger partial charge in [0, 0.05) is 33.1 Å². The van der Waals surface area contributed by atoms with Gasteiger partial charge < -0.3 is 5.32 Å². The maximum Gasteiger partial charge on any atom is 0.129 e. The van der Waals surface area contributed by atoms with E-state index in [-0.39, 0.29) is 11.9 Å². The molecule has 1 heterocycles. The number of hydrogen-bond acceptors (Lipinski definition) is 2. The molecule has 1 aliphatic rings. The van der Waals surface area contributed by atoms with Crippen LogP contribution in [0.3, 0.4) is 0 Å². The first-order valence-corrected chi connectivity index (χ1v) is 8.47. The summed E-state index contributed by atoms with van der Waals surface area (Å²) in [6, 6.07) is 11.0. The molecule has 0 saturated carbocycles. The van der Waals surface area contributed by atoms with E-state index in [0.717, 1.165) is 17.2 Å². The predicted molar refractivity (Wildman–Crippen MR) is 87.8 cm³/mol. The number of nitrogens with one attached hydrogen (secondary N) is 1. The second-order valence-electron chi connectivity index (χ2n) is 4.99. The average Bonchev–Trinajstić information content (AvgIpc) is 2.46. The van der Waals surface area contributed by atoms with E-state index in [9.17, 15) is 4.39 Å². The summed E-state index contributed by atoms with van der Waals surface area (Å²) in [5.74, 6) is 0.779. The quantitative estimate of drug-likeness (QED) is 0.795. The largest absolute Gasteiger partial charge is 0.306 e. The summed E-state index contributed by atoms with van der Waals surface area (Å²) in [5, 5.41) is 4.58. The number of thioether (sulfide) groups is 1. The van der Waals surface area contributed by atoms with Crippen LogP contribution >= 0.6 is 35.0 Å². The van der Waals surface area contributed by atoms with Crippen LogP contribution in [0.25, 0.3) is 0 Å². The zero-order valence-corrected chi connectivity index (χ0v) is 13.5. The monoisotopic (exact) mass is 341 g/mol. The normalized spacial score (nSPS) is 17.6. The molecule has 0 bridgehead atoms. The highest BCUT2D eigenvalue weighted by Crippen LogP contribution is 2.37. The summed E-state index contributed by atoms with van der Waals surface area (Å²) in [4.78, 5) is 1.25. The first-order chi connectivity index (χ1) is 10.1. The number of fused-ring (bicyclic) bond motifs is 1. The maximum atomic E-state index is 13.8. The van der Waals surface area contributed by atoms with Gasteiger partial charge >= 0.3 is 0 Å². The fourth-order valence-corrected chi connectivity index (χ4v) is 3.92. The Morgan fingerprint density at radius 3 is 2.71 bits per heavy atom. The molecule has 1 nitrogen and oxygen atoms in total. The Morgan fingerprint density at radius 1 is 1.14 bits per heavy atom. The maximum absolute atomic E-state index is 13.8. The second kappa shape index (κ2) is 6.57. The van der Waals surface area contributed by atoms with Crippen molar-refractivity contribution in [3.8, 4) is 0 Å². The average molecular weight is 342 g/mol. The molecule has 0 fully saturated rings. The number of rotatable bonds is 3.